The van der Waals surface area contributed by atoms with Gasteiger partial charge in [-0.05, 0) is 46.0 Å². The van der Waals surface area contributed by atoms with Gasteiger partial charge in [-0.25, -0.2) is 4.98 Å². The van der Waals surface area contributed by atoms with E-state index in [1.165, 1.54) is 0 Å². The lowest BCUT2D eigenvalue weighted by molar-refractivity contribution is 0.241. The van der Waals surface area contributed by atoms with Crippen LogP contribution >= 0.6 is 15.9 Å². The van der Waals surface area contributed by atoms with Crippen molar-refractivity contribution in [2.24, 2.45) is 5.41 Å². The van der Waals surface area contributed by atoms with Gasteiger partial charge in [-0.3, -0.25) is 4.98 Å². The molecule has 0 fully saturated rings. The summed E-state index contributed by atoms with van der Waals surface area (Å²) in [6.07, 6.45) is 4.43. The number of methoxy groups -OCH3 is 1. The van der Waals surface area contributed by atoms with E-state index in [4.69, 9.17) is 15.2 Å². The number of nitrogens with zero attached hydrogens (tertiary/aromatic N) is 3. The first-order chi connectivity index (χ1) is 13.8. The minimum Gasteiger partial charge on any atom is -0.497 e. The quantitative estimate of drug-likeness (QED) is 0.523. The summed E-state index contributed by atoms with van der Waals surface area (Å²) in [6.45, 7) is 7.70. The molecular formula is C21H26BrN5O2. The summed E-state index contributed by atoms with van der Waals surface area (Å²) in [6, 6.07) is 5.59. The van der Waals surface area contributed by atoms with E-state index in [9.17, 15) is 0 Å². The van der Waals surface area contributed by atoms with E-state index in [1.807, 2.05) is 18.2 Å². The number of pyridine rings is 1. The van der Waals surface area contributed by atoms with Crippen molar-refractivity contribution in [2.45, 2.75) is 33.7 Å². The van der Waals surface area contributed by atoms with E-state index in [-0.39, 0.29) is 5.41 Å². The molecule has 0 unspecified atom stereocenters. The summed E-state index contributed by atoms with van der Waals surface area (Å²) in [5, 5.41) is 3.97. The number of fused-ring (bicyclic) bond motifs is 1. The first-order valence-corrected chi connectivity index (χ1v) is 10.2. The highest BCUT2D eigenvalue weighted by molar-refractivity contribution is 9.10. The van der Waals surface area contributed by atoms with Crippen molar-refractivity contribution in [2.75, 3.05) is 24.8 Å². The molecule has 0 aliphatic heterocycles. The van der Waals surface area contributed by atoms with Crippen LogP contribution in [0.25, 0.3) is 10.9 Å². The van der Waals surface area contributed by atoms with E-state index in [0.717, 1.165) is 33.1 Å². The number of ether oxygens (including phenoxy) is 2. The molecular weight excluding hydrogens is 434 g/mol. The van der Waals surface area contributed by atoms with Crippen molar-refractivity contribution >= 4 is 38.6 Å². The number of nitrogens with two attached hydrogens (primary N) is 1. The lowest BCUT2D eigenvalue weighted by Gasteiger charge is -2.19. The Labute approximate surface area is 179 Å². The summed E-state index contributed by atoms with van der Waals surface area (Å²) < 4.78 is 12.0. The first-order valence-electron chi connectivity index (χ1n) is 9.37. The monoisotopic (exact) mass is 459 g/mol. The molecule has 0 radical (unpaired) electrons. The van der Waals surface area contributed by atoms with Gasteiger partial charge in [0.05, 0.1) is 25.4 Å². The highest BCUT2D eigenvalue weighted by Crippen LogP contribution is 2.31. The predicted molar refractivity (Wildman–Crippen MR) is 119 cm³/mol. The summed E-state index contributed by atoms with van der Waals surface area (Å²) >= 11 is 3.53. The molecule has 0 saturated heterocycles. The number of hydrogen-bond donors (Lipinski definition) is 2. The van der Waals surface area contributed by atoms with E-state index in [1.54, 1.807) is 19.5 Å². The lowest BCUT2D eigenvalue weighted by Crippen LogP contribution is -2.12. The second kappa shape index (κ2) is 8.82. The molecule has 0 amide bonds. The summed E-state index contributed by atoms with van der Waals surface area (Å²) in [5.41, 5.74) is 8.06. The van der Waals surface area contributed by atoms with E-state index in [2.05, 4.69) is 57.0 Å². The van der Waals surface area contributed by atoms with Gasteiger partial charge in [-0.15, -0.1) is 0 Å². The van der Waals surface area contributed by atoms with Crippen LogP contribution in [0.4, 0.5) is 11.8 Å². The molecule has 2 heterocycles. The van der Waals surface area contributed by atoms with Gasteiger partial charge in [-0.2, -0.15) is 4.98 Å². The van der Waals surface area contributed by atoms with E-state index in [0.29, 0.717) is 30.7 Å². The Morgan fingerprint density at radius 2 is 2.00 bits per heavy atom. The van der Waals surface area contributed by atoms with Crippen LogP contribution in [0.15, 0.2) is 35.1 Å². The molecule has 154 valence electrons. The smallest absolute Gasteiger partial charge is 0.225 e. The van der Waals surface area contributed by atoms with Crippen LogP contribution in [0.1, 0.15) is 32.8 Å². The molecule has 7 nitrogen and oxygen atoms in total. The molecule has 0 saturated carbocycles. The molecule has 1 aromatic carbocycles. The average Bonchev–Trinajstić information content (AvgIpc) is 2.67. The fourth-order valence-electron chi connectivity index (χ4n) is 2.71. The van der Waals surface area contributed by atoms with Gasteiger partial charge in [0.2, 0.25) is 5.95 Å². The zero-order valence-corrected chi connectivity index (χ0v) is 18.7. The molecule has 29 heavy (non-hydrogen) atoms. The molecule has 3 aromatic rings. The summed E-state index contributed by atoms with van der Waals surface area (Å²) in [5.74, 6) is 2.27. The third kappa shape index (κ3) is 5.47. The second-order valence-corrected chi connectivity index (χ2v) is 8.79. The van der Waals surface area contributed by atoms with Crippen molar-refractivity contribution in [3.63, 3.8) is 0 Å². The molecule has 0 bridgehead atoms. The number of nitrogen functional groups attached to an aromatic ring is 1. The third-order valence-corrected chi connectivity index (χ3v) is 5.01. The molecule has 0 aliphatic rings. The normalized spacial score (nSPS) is 11.5. The highest BCUT2D eigenvalue weighted by Gasteiger charge is 2.13. The van der Waals surface area contributed by atoms with Crippen LogP contribution in [0.5, 0.6) is 11.5 Å². The van der Waals surface area contributed by atoms with Crippen molar-refractivity contribution in [1.29, 1.82) is 0 Å². The van der Waals surface area contributed by atoms with Crippen LogP contribution < -0.4 is 20.5 Å². The fourth-order valence-corrected chi connectivity index (χ4v) is 3.24. The number of rotatable bonds is 7. The largest absolute Gasteiger partial charge is 0.497 e. The van der Waals surface area contributed by atoms with Crippen LogP contribution in [0, 0.1) is 5.41 Å². The highest BCUT2D eigenvalue weighted by atomic mass is 79.9. The number of aromatic nitrogens is 3. The molecule has 0 aliphatic carbocycles. The Kier molecular flexibility index (Phi) is 6.42. The van der Waals surface area contributed by atoms with Crippen LogP contribution in [-0.4, -0.2) is 28.7 Å². The number of nitrogens with one attached hydrogen (secondary N) is 1. The Balaban J connectivity index is 1.76. The second-order valence-electron chi connectivity index (χ2n) is 7.93. The minimum atomic E-state index is 0.215. The molecule has 2 aromatic heterocycles. The number of benzene rings is 1. The van der Waals surface area contributed by atoms with Crippen LogP contribution in [0.3, 0.4) is 0 Å². The summed E-state index contributed by atoms with van der Waals surface area (Å²) in [7, 11) is 1.61. The standard InChI is InChI=1S/C21H26BrN5O2/c1-21(2,3)6-8-29-17-12-24-7-5-13(17)11-25-20-26-18-15(19(23)27-20)9-14(28-4)10-16(18)22/h5,7,9-10,12H,6,8,11H2,1-4H3,(H3,23,25,26,27). The van der Waals surface area contributed by atoms with Crippen molar-refractivity contribution in [1.82, 2.24) is 15.0 Å². The Hall–Kier alpha value is -2.61. The van der Waals surface area contributed by atoms with Gasteiger partial charge in [0.25, 0.3) is 0 Å². The van der Waals surface area contributed by atoms with Gasteiger partial charge >= 0.3 is 0 Å². The molecule has 3 rings (SSSR count). The summed E-state index contributed by atoms with van der Waals surface area (Å²) in [4.78, 5) is 13.1. The predicted octanol–water partition coefficient (Wildman–Crippen LogP) is 4.81. The molecule has 0 atom stereocenters. The SMILES string of the molecule is COc1cc(Br)c2nc(NCc3ccncc3OCCC(C)(C)C)nc(N)c2c1. The van der Waals surface area contributed by atoms with Gasteiger partial charge in [-0.1, -0.05) is 20.8 Å². The number of halogens is 1. The van der Waals surface area contributed by atoms with Crippen LogP contribution in [-0.2, 0) is 6.54 Å². The van der Waals surface area contributed by atoms with Crippen molar-refractivity contribution in [3.05, 3.63) is 40.6 Å². The fraction of sp³-hybridized carbons (Fsp3) is 0.381. The average molecular weight is 460 g/mol. The van der Waals surface area contributed by atoms with Gasteiger partial charge < -0.3 is 20.5 Å². The number of hydrogen-bond acceptors (Lipinski definition) is 7. The van der Waals surface area contributed by atoms with Gasteiger partial charge in [0, 0.05) is 28.2 Å². The van der Waals surface area contributed by atoms with Crippen molar-refractivity contribution in [3.8, 4) is 11.5 Å². The maximum Gasteiger partial charge on any atom is 0.225 e. The molecule has 3 N–H and O–H groups in total. The maximum atomic E-state index is 6.15. The topological polar surface area (TPSA) is 95.2 Å². The molecule has 0 spiro atoms. The van der Waals surface area contributed by atoms with Crippen LogP contribution in [0.2, 0.25) is 0 Å². The lowest BCUT2D eigenvalue weighted by atomic mass is 9.93. The third-order valence-electron chi connectivity index (χ3n) is 4.41. The zero-order valence-electron chi connectivity index (χ0n) is 17.1. The Bertz CT molecular complexity index is 1000. The minimum absolute atomic E-state index is 0.215. The maximum absolute atomic E-state index is 6.15. The molecule has 8 heteroatoms. The van der Waals surface area contributed by atoms with Gasteiger partial charge in [0.1, 0.15) is 17.3 Å². The Morgan fingerprint density at radius 3 is 2.72 bits per heavy atom. The first kappa shape index (κ1) is 21.1. The number of anilines is 2. The van der Waals surface area contributed by atoms with Gasteiger partial charge in [0.15, 0.2) is 0 Å². The van der Waals surface area contributed by atoms with E-state index < -0.39 is 0 Å². The van der Waals surface area contributed by atoms with E-state index >= 15 is 0 Å². The Morgan fingerprint density at radius 1 is 1.21 bits per heavy atom. The zero-order chi connectivity index (χ0) is 21.0. The van der Waals surface area contributed by atoms with Crippen molar-refractivity contribution < 1.29 is 9.47 Å².